The van der Waals surface area contributed by atoms with Crippen molar-refractivity contribution in [3.05, 3.63) is 30.0 Å². The SMILES string of the molecule is CC(C)c1cn(C(=O)OC(C)(C)C)c2ccc(OC3CCN(C(=O)OC(C)(C)C)CC3)cc12. The number of benzene rings is 1. The Hall–Kier alpha value is -2.70. The highest BCUT2D eigenvalue weighted by atomic mass is 16.6. The second-order valence-electron chi connectivity index (χ2n) is 11.1. The van der Waals surface area contributed by atoms with E-state index in [0.29, 0.717) is 13.1 Å². The predicted octanol–water partition coefficient (Wildman–Crippen LogP) is 6.33. The number of nitrogens with zero attached hydrogens (tertiary/aromatic N) is 2. The molecule has 182 valence electrons. The minimum absolute atomic E-state index is 0.0246. The lowest BCUT2D eigenvalue weighted by atomic mass is 10.0. The Morgan fingerprint density at radius 1 is 0.939 bits per heavy atom. The van der Waals surface area contributed by atoms with E-state index in [4.69, 9.17) is 14.2 Å². The fourth-order valence-electron chi connectivity index (χ4n) is 3.91. The standard InChI is InChI=1S/C26H38N2O5/c1-17(2)21-16-28(24(30)33-26(6,7)8)22-10-9-19(15-20(21)22)31-18-11-13-27(14-12-18)23(29)32-25(3,4)5/h9-10,15-18H,11-14H2,1-8H3. The molecule has 0 aliphatic carbocycles. The molecule has 1 fully saturated rings. The number of piperidine rings is 1. The monoisotopic (exact) mass is 458 g/mol. The molecule has 1 saturated heterocycles. The molecule has 0 atom stereocenters. The average molecular weight is 459 g/mol. The van der Waals surface area contributed by atoms with Gasteiger partial charge in [-0.1, -0.05) is 13.8 Å². The van der Waals surface area contributed by atoms with Gasteiger partial charge in [0.2, 0.25) is 0 Å². The van der Waals surface area contributed by atoms with Crippen molar-refractivity contribution in [3.8, 4) is 5.75 Å². The molecule has 1 aliphatic rings. The van der Waals surface area contributed by atoms with Crippen LogP contribution < -0.4 is 4.74 Å². The normalized spacial score (nSPS) is 15.7. The predicted molar refractivity (Wildman–Crippen MR) is 129 cm³/mol. The highest BCUT2D eigenvalue weighted by Gasteiger charge is 2.28. The van der Waals surface area contributed by atoms with Gasteiger partial charge < -0.3 is 19.1 Å². The van der Waals surface area contributed by atoms with Crippen LogP contribution in [0.15, 0.2) is 24.4 Å². The molecule has 1 aliphatic heterocycles. The Labute approximate surface area is 197 Å². The molecule has 1 aromatic carbocycles. The van der Waals surface area contributed by atoms with Gasteiger partial charge in [-0.3, -0.25) is 4.57 Å². The van der Waals surface area contributed by atoms with Crippen molar-refractivity contribution in [1.82, 2.24) is 9.47 Å². The summed E-state index contributed by atoms with van der Waals surface area (Å²) in [5, 5.41) is 0.986. The number of carbonyl (C=O) groups excluding carboxylic acids is 2. The van der Waals surface area contributed by atoms with Crippen molar-refractivity contribution in [2.24, 2.45) is 0 Å². The van der Waals surface area contributed by atoms with E-state index in [1.165, 1.54) is 0 Å². The number of likely N-dealkylation sites (tertiary alicyclic amines) is 1. The molecule has 33 heavy (non-hydrogen) atoms. The minimum Gasteiger partial charge on any atom is -0.490 e. The van der Waals surface area contributed by atoms with Gasteiger partial charge in [0.25, 0.3) is 0 Å². The van der Waals surface area contributed by atoms with Gasteiger partial charge in [0, 0.05) is 37.5 Å². The maximum atomic E-state index is 12.8. The fraction of sp³-hybridized carbons (Fsp3) is 0.615. The van der Waals surface area contributed by atoms with Crippen molar-refractivity contribution in [3.63, 3.8) is 0 Å². The second-order valence-corrected chi connectivity index (χ2v) is 11.1. The molecule has 0 radical (unpaired) electrons. The van der Waals surface area contributed by atoms with E-state index in [0.717, 1.165) is 35.1 Å². The van der Waals surface area contributed by atoms with Crippen LogP contribution in [0.2, 0.25) is 0 Å². The van der Waals surface area contributed by atoms with Crippen LogP contribution in [0, 0.1) is 0 Å². The van der Waals surface area contributed by atoms with Crippen LogP contribution in [0.25, 0.3) is 10.9 Å². The zero-order chi connectivity index (χ0) is 24.6. The third-order valence-electron chi connectivity index (χ3n) is 5.42. The fourth-order valence-corrected chi connectivity index (χ4v) is 3.91. The van der Waals surface area contributed by atoms with Crippen LogP contribution in [0.4, 0.5) is 9.59 Å². The zero-order valence-electron chi connectivity index (χ0n) is 21.2. The molecule has 0 unspecified atom stereocenters. The van der Waals surface area contributed by atoms with E-state index in [-0.39, 0.29) is 24.2 Å². The number of hydrogen-bond donors (Lipinski definition) is 0. The summed E-state index contributed by atoms with van der Waals surface area (Å²) in [5.74, 6) is 1.01. The third-order valence-corrected chi connectivity index (χ3v) is 5.42. The highest BCUT2D eigenvalue weighted by Crippen LogP contribution is 2.32. The van der Waals surface area contributed by atoms with Gasteiger partial charge in [-0.25, -0.2) is 9.59 Å². The van der Waals surface area contributed by atoms with Gasteiger partial charge >= 0.3 is 12.2 Å². The Kier molecular flexibility index (Phi) is 7.01. The number of fused-ring (bicyclic) bond motifs is 1. The number of amides is 1. The van der Waals surface area contributed by atoms with Crippen molar-refractivity contribution < 1.29 is 23.8 Å². The summed E-state index contributed by atoms with van der Waals surface area (Å²) in [6, 6.07) is 5.82. The Balaban J connectivity index is 1.73. The van der Waals surface area contributed by atoms with Gasteiger partial charge in [-0.2, -0.15) is 0 Å². The molecule has 1 amide bonds. The average Bonchev–Trinajstić information content (AvgIpc) is 3.05. The molecule has 0 saturated carbocycles. The van der Waals surface area contributed by atoms with Crippen LogP contribution in [0.5, 0.6) is 5.75 Å². The van der Waals surface area contributed by atoms with Crippen molar-refractivity contribution in [1.29, 1.82) is 0 Å². The van der Waals surface area contributed by atoms with Crippen molar-refractivity contribution in [2.75, 3.05) is 13.1 Å². The molecular weight excluding hydrogens is 420 g/mol. The van der Waals surface area contributed by atoms with Crippen LogP contribution >= 0.6 is 0 Å². The number of carbonyl (C=O) groups is 2. The number of aromatic nitrogens is 1. The molecule has 2 aromatic rings. The summed E-state index contributed by atoms with van der Waals surface area (Å²) in [6.45, 7) is 16.6. The lowest BCUT2D eigenvalue weighted by Crippen LogP contribution is -2.44. The second kappa shape index (κ2) is 9.27. The maximum absolute atomic E-state index is 12.8. The first-order valence-corrected chi connectivity index (χ1v) is 11.8. The molecule has 7 heteroatoms. The van der Waals surface area contributed by atoms with E-state index >= 15 is 0 Å². The van der Waals surface area contributed by atoms with Crippen LogP contribution in [-0.4, -0.2) is 52.0 Å². The summed E-state index contributed by atoms with van der Waals surface area (Å²) in [7, 11) is 0. The number of hydrogen-bond acceptors (Lipinski definition) is 5. The van der Waals surface area contributed by atoms with Gasteiger partial charge in [0.1, 0.15) is 23.1 Å². The molecule has 0 N–H and O–H groups in total. The van der Waals surface area contributed by atoms with Crippen molar-refractivity contribution in [2.45, 2.75) is 91.5 Å². The van der Waals surface area contributed by atoms with E-state index in [1.54, 1.807) is 9.47 Å². The quantitative estimate of drug-likeness (QED) is 0.538. The Morgan fingerprint density at radius 3 is 2.06 bits per heavy atom. The molecular formula is C26H38N2O5. The summed E-state index contributed by atoms with van der Waals surface area (Å²) in [6.07, 6.45) is 2.72. The van der Waals surface area contributed by atoms with E-state index in [9.17, 15) is 9.59 Å². The third kappa shape index (κ3) is 6.42. The molecule has 0 bridgehead atoms. The minimum atomic E-state index is -0.567. The first-order valence-electron chi connectivity index (χ1n) is 11.8. The molecule has 7 nitrogen and oxygen atoms in total. The van der Waals surface area contributed by atoms with E-state index in [2.05, 4.69) is 13.8 Å². The smallest absolute Gasteiger partial charge is 0.419 e. The zero-order valence-corrected chi connectivity index (χ0v) is 21.2. The molecule has 1 aromatic heterocycles. The Bertz CT molecular complexity index is 1000. The topological polar surface area (TPSA) is 70.0 Å². The lowest BCUT2D eigenvalue weighted by molar-refractivity contribution is 0.0126. The Morgan fingerprint density at radius 2 is 1.52 bits per heavy atom. The van der Waals surface area contributed by atoms with Crippen molar-refractivity contribution >= 4 is 23.1 Å². The summed E-state index contributed by atoms with van der Waals surface area (Å²) in [5.41, 5.74) is 0.813. The van der Waals surface area contributed by atoms with Crippen LogP contribution in [0.1, 0.15) is 79.7 Å². The summed E-state index contributed by atoms with van der Waals surface area (Å²) in [4.78, 5) is 26.8. The maximum Gasteiger partial charge on any atom is 0.419 e. The first kappa shape index (κ1) is 24.9. The molecule has 3 rings (SSSR count). The van der Waals surface area contributed by atoms with E-state index < -0.39 is 11.2 Å². The van der Waals surface area contributed by atoms with Gasteiger partial charge in [0.15, 0.2) is 0 Å². The number of rotatable bonds is 3. The van der Waals surface area contributed by atoms with Crippen LogP contribution in [0.3, 0.4) is 0 Å². The van der Waals surface area contributed by atoms with Gasteiger partial charge in [0.05, 0.1) is 5.52 Å². The van der Waals surface area contributed by atoms with Crippen LogP contribution in [-0.2, 0) is 9.47 Å². The molecule has 2 heterocycles. The summed E-state index contributed by atoms with van der Waals surface area (Å²) >= 11 is 0. The number of ether oxygens (including phenoxy) is 3. The van der Waals surface area contributed by atoms with E-state index in [1.807, 2.05) is 65.9 Å². The molecule has 0 spiro atoms. The highest BCUT2D eigenvalue weighted by molar-refractivity contribution is 5.93. The largest absolute Gasteiger partial charge is 0.490 e. The first-order chi connectivity index (χ1) is 15.2. The lowest BCUT2D eigenvalue weighted by Gasteiger charge is -2.33. The summed E-state index contributed by atoms with van der Waals surface area (Å²) < 4.78 is 18.9. The van der Waals surface area contributed by atoms with Gasteiger partial charge in [-0.15, -0.1) is 0 Å². The van der Waals surface area contributed by atoms with Gasteiger partial charge in [-0.05, 0) is 71.2 Å².